The number of benzene rings is 2. The van der Waals surface area contributed by atoms with Crippen molar-refractivity contribution < 1.29 is 46.7 Å². The van der Waals surface area contributed by atoms with Gasteiger partial charge < -0.3 is 19.1 Å². The standard InChI is InChI=1S/C26H28F3N3O7/c1-17(2)24(34)37-16-38-25(35)32(3)23(33)22(31-36-4)21-11-6-5-9-19(21)15-39-30-13-12-18-8-7-10-20(14-18)26(27,28)29/h5-11,13-14,17H,12,15-16H2,1-4H3. The lowest BCUT2D eigenvalue weighted by Gasteiger charge is -2.17. The summed E-state index contributed by atoms with van der Waals surface area (Å²) in [5.41, 5.74) is 0.104. The third kappa shape index (κ3) is 9.43. The van der Waals surface area contributed by atoms with Gasteiger partial charge in [0, 0.05) is 30.8 Å². The van der Waals surface area contributed by atoms with Gasteiger partial charge in [0.05, 0.1) is 11.5 Å². The van der Waals surface area contributed by atoms with Crippen molar-refractivity contribution in [2.24, 2.45) is 16.2 Å². The molecule has 0 aliphatic rings. The fourth-order valence-electron chi connectivity index (χ4n) is 2.99. The molecule has 0 spiro atoms. The highest BCUT2D eigenvalue weighted by atomic mass is 19.4. The quantitative estimate of drug-likeness (QED) is 0.174. The average molecular weight is 552 g/mol. The molecule has 0 fully saturated rings. The van der Waals surface area contributed by atoms with Crippen molar-refractivity contribution in [1.82, 2.24) is 4.90 Å². The predicted octanol–water partition coefficient (Wildman–Crippen LogP) is 4.55. The third-order valence-electron chi connectivity index (χ3n) is 5.04. The number of likely N-dealkylation sites (N-methyl/N-ethyl adjacent to an activating group) is 1. The summed E-state index contributed by atoms with van der Waals surface area (Å²) in [7, 11) is 2.37. The first-order chi connectivity index (χ1) is 18.5. The van der Waals surface area contributed by atoms with Crippen LogP contribution in [-0.4, -0.2) is 55.7 Å². The van der Waals surface area contributed by atoms with Crippen LogP contribution in [0.2, 0.25) is 0 Å². The minimum atomic E-state index is -4.45. The second kappa shape index (κ2) is 14.5. The van der Waals surface area contributed by atoms with Gasteiger partial charge in [-0.05, 0) is 11.6 Å². The lowest BCUT2D eigenvalue weighted by atomic mass is 10.0. The SMILES string of the molecule is CON=C(C(=O)N(C)C(=O)OCOC(=O)C(C)C)c1ccccc1CON=CCc1cccc(C(F)(F)F)c1. The maximum Gasteiger partial charge on any atom is 0.419 e. The number of rotatable bonds is 11. The van der Waals surface area contributed by atoms with Gasteiger partial charge in [0.25, 0.3) is 5.91 Å². The number of hydrogen-bond donors (Lipinski definition) is 0. The number of alkyl halides is 3. The molecule has 0 saturated carbocycles. The lowest BCUT2D eigenvalue weighted by Crippen LogP contribution is -2.39. The summed E-state index contributed by atoms with van der Waals surface area (Å²) in [5.74, 6) is -1.88. The van der Waals surface area contributed by atoms with Gasteiger partial charge in [0.1, 0.15) is 13.7 Å². The van der Waals surface area contributed by atoms with E-state index in [1.807, 2.05) is 0 Å². The molecule has 0 saturated heterocycles. The van der Waals surface area contributed by atoms with Crippen molar-refractivity contribution in [3.8, 4) is 0 Å². The molecule has 2 aromatic carbocycles. The molecule has 2 amide bonds. The summed E-state index contributed by atoms with van der Waals surface area (Å²) in [4.78, 5) is 47.5. The van der Waals surface area contributed by atoms with E-state index in [0.29, 0.717) is 16.0 Å². The Kier molecular flexibility index (Phi) is 11.5. The number of oxime groups is 2. The van der Waals surface area contributed by atoms with Crippen LogP contribution in [0.1, 0.15) is 36.1 Å². The zero-order valence-corrected chi connectivity index (χ0v) is 21.7. The van der Waals surface area contributed by atoms with E-state index in [-0.39, 0.29) is 24.3 Å². The van der Waals surface area contributed by atoms with Crippen molar-refractivity contribution in [2.45, 2.75) is 33.1 Å². The summed E-state index contributed by atoms with van der Waals surface area (Å²) >= 11 is 0. The number of carbonyl (C=O) groups is 3. The number of hydrogen-bond acceptors (Lipinski definition) is 9. The number of ether oxygens (including phenoxy) is 2. The number of imide groups is 1. The maximum absolute atomic E-state index is 13.0. The Hall–Kier alpha value is -4.42. The highest BCUT2D eigenvalue weighted by Gasteiger charge is 2.30. The summed E-state index contributed by atoms with van der Waals surface area (Å²) in [6, 6.07) is 11.3. The first kappa shape index (κ1) is 30.8. The summed E-state index contributed by atoms with van der Waals surface area (Å²) in [5, 5.41) is 7.53. The summed E-state index contributed by atoms with van der Waals surface area (Å²) in [6.07, 6.45) is -4.13. The van der Waals surface area contributed by atoms with E-state index in [1.54, 1.807) is 38.1 Å². The van der Waals surface area contributed by atoms with Crippen LogP contribution in [0.3, 0.4) is 0 Å². The van der Waals surface area contributed by atoms with Gasteiger partial charge in [-0.1, -0.05) is 66.6 Å². The number of esters is 1. The Bertz CT molecular complexity index is 1210. The minimum absolute atomic E-state index is 0.0970. The zero-order valence-electron chi connectivity index (χ0n) is 21.7. The van der Waals surface area contributed by atoms with E-state index in [4.69, 9.17) is 19.1 Å². The Morgan fingerprint density at radius 2 is 1.77 bits per heavy atom. The van der Waals surface area contributed by atoms with Crippen molar-refractivity contribution in [1.29, 1.82) is 0 Å². The number of halogens is 3. The molecule has 0 aromatic heterocycles. The Morgan fingerprint density at radius 3 is 2.44 bits per heavy atom. The molecule has 0 aliphatic heterocycles. The molecule has 13 heteroatoms. The average Bonchev–Trinajstić information content (AvgIpc) is 2.90. The molecule has 10 nitrogen and oxygen atoms in total. The van der Waals surface area contributed by atoms with Crippen LogP contribution in [0, 0.1) is 5.92 Å². The lowest BCUT2D eigenvalue weighted by molar-refractivity contribution is -0.156. The molecule has 0 unspecified atom stereocenters. The molecular weight excluding hydrogens is 523 g/mol. The second-order valence-corrected chi connectivity index (χ2v) is 8.25. The zero-order chi connectivity index (χ0) is 29.0. The maximum atomic E-state index is 13.0. The topological polar surface area (TPSA) is 116 Å². The van der Waals surface area contributed by atoms with Gasteiger partial charge in [0.2, 0.25) is 6.79 Å². The highest BCUT2D eigenvalue weighted by Crippen LogP contribution is 2.29. The number of carbonyl (C=O) groups excluding carboxylic acids is 3. The first-order valence-electron chi connectivity index (χ1n) is 11.6. The molecule has 210 valence electrons. The van der Waals surface area contributed by atoms with Crippen LogP contribution in [0.4, 0.5) is 18.0 Å². The van der Waals surface area contributed by atoms with E-state index in [9.17, 15) is 27.6 Å². The molecule has 2 rings (SSSR count). The van der Waals surface area contributed by atoms with Crippen LogP contribution >= 0.6 is 0 Å². The smallest absolute Gasteiger partial charge is 0.419 e. The fraction of sp³-hybridized carbons (Fsp3) is 0.346. The van der Waals surface area contributed by atoms with Gasteiger partial charge >= 0.3 is 18.2 Å². The molecule has 2 aromatic rings. The van der Waals surface area contributed by atoms with Gasteiger partial charge in [-0.3, -0.25) is 9.59 Å². The summed E-state index contributed by atoms with van der Waals surface area (Å²) in [6.45, 7) is 2.41. The van der Waals surface area contributed by atoms with Crippen molar-refractivity contribution in [3.05, 3.63) is 70.8 Å². The molecular formula is C26H28F3N3O7. The normalized spacial score (nSPS) is 11.8. The van der Waals surface area contributed by atoms with Crippen LogP contribution in [0.25, 0.3) is 0 Å². The molecule has 0 atom stereocenters. The van der Waals surface area contributed by atoms with Gasteiger partial charge in [-0.25, -0.2) is 9.69 Å². The van der Waals surface area contributed by atoms with Crippen LogP contribution in [-0.2, 0) is 47.9 Å². The molecule has 0 radical (unpaired) electrons. The van der Waals surface area contributed by atoms with Crippen molar-refractivity contribution in [2.75, 3.05) is 21.0 Å². The number of amides is 2. The molecule has 0 heterocycles. The Labute approximate surface area is 222 Å². The largest absolute Gasteiger partial charge is 0.428 e. The van der Waals surface area contributed by atoms with Gasteiger partial charge in [-0.2, -0.15) is 13.2 Å². The van der Waals surface area contributed by atoms with E-state index in [2.05, 4.69) is 10.3 Å². The van der Waals surface area contributed by atoms with Crippen molar-refractivity contribution >= 4 is 29.9 Å². The third-order valence-corrected chi connectivity index (χ3v) is 5.04. The minimum Gasteiger partial charge on any atom is -0.428 e. The second-order valence-electron chi connectivity index (χ2n) is 8.25. The molecule has 0 bridgehead atoms. The van der Waals surface area contributed by atoms with Gasteiger partial charge in [0.15, 0.2) is 5.71 Å². The van der Waals surface area contributed by atoms with Crippen molar-refractivity contribution in [3.63, 3.8) is 0 Å². The number of nitrogens with zero attached hydrogens (tertiary/aromatic N) is 3. The van der Waals surface area contributed by atoms with E-state index in [1.165, 1.54) is 25.5 Å². The summed E-state index contributed by atoms with van der Waals surface area (Å²) < 4.78 is 48.2. The highest BCUT2D eigenvalue weighted by molar-refractivity contribution is 6.47. The molecule has 0 N–H and O–H groups in total. The van der Waals surface area contributed by atoms with Crippen LogP contribution in [0.15, 0.2) is 58.8 Å². The van der Waals surface area contributed by atoms with E-state index in [0.717, 1.165) is 19.2 Å². The van der Waals surface area contributed by atoms with E-state index < -0.39 is 42.4 Å². The van der Waals surface area contributed by atoms with E-state index >= 15 is 0 Å². The fourth-order valence-corrected chi connectivity index (χ4v) is 2.99. The Morgan fingerprint density at radius 1 is 1.05 bits per heavy atom. The molecule has 0 aliphatic carbocycles. The van der Waals surface area contributed by atoms with Crippen LogP contribution in [0.5, 0.6) is 0 Å². The molecule has 39 heavy (non-hydrogen) atoms. The van der Waals surface area contributed by atoms with Gasteiger partial charge in [-0.15, -0.1) is 0 Å². The monoisotopic (exact) mass is 551 g/mol. The Balaban J connectivity index is 2.06. The van der Waals surface area contributed by atoms with Crippen LogP contribution < -0.4 is 0 Å². The predicted molar refractivity (Wildman–Crippen MR) is 133 cm³/mol. The first-order valence-corrected chi connectivity index (χ1v) is 11.6.